The second kappa shape index (κ2) is 4.11. The molecule has 0 aliphatic carbocycles. The lowest BCUT2D eigenvalue weighted by Crippen LogP contribution is -2.36. The van der Waals surface area contributed by atoms with Crippen molar-refractivity contribution in [3.63, 3.8) is 0 Å². The fraction of sp³-hybridized carbons (Fsp3) is 0.300. The van der Waals surface area contributed by atoms with Crippen LogP contribution >= 0.6 is 0 Å². The predicted molar refractivity (Wildman–Crippen MR) is 55.1 cm³/mol. The number of rotatable bonds is 3. The Hall–Kier alpha value is -1.55. The molecular weight excluding hydrogens is 180 g/mol. The molecule has 0 atom stereocenters. The number of hydrazine groups is 1. The molecule has 0 fully saturated rings. The van der Waals surface area contributed by atoms with Crippen LogP contribution in [-0.2, 0) is 4.79 Å². The maximum absolute atomic E-state index is 10.4. The lowest BCUT2D eigenvalue weighted by atomic mass is 10.1. The number of nitrogens with zero attached hydrogens (tertiary/aromatic N) is 1. The van der Waals surface area contributed by atoms with Crippen LogP contribution in [0.1, 0.15) is 11.1 Å². The van der Waals surface area contributed by atoms with E-state index in [1.807, 2.05) is 32.0 Å². The molecule has 0 aliphatic rings. The van der Waals surface area contributed by atoms with E-state index in [0.29, 0.717) is 0 Å². The number of aliphatic carboxylic acids is 1. The summed E-state index contributed by atoms with van der Waals surface area (Å²) in [6.45, 7) is 3.71. The smallest absolute Gasteiger partial charge is 0.324 e. The summed E-state index contributed by atoms with van der Waals surface area (Å²) in [5.41, 5.74) is 2.87. The molecule has 0 aromatic heterocycles. The van der Waals surface area contributed by atoms with Crippen molar-refractivity contribution in [3.8, 4) is 0 Å². The average Bonchev–Trinajstić information content (AvgIpc) is 2.00. The molecule has 1 rings (SSSR count). The van der Waals surface area contributed by atoms with Gasteiger partial charge in [0.2, 0.25) is 0 Å². The first-order valence-electron chi connectivity index (χ1n) is 4.31. The Balaban J connectivity index is 2.89. The van der Waals surface area contributed by atoms with Crippen LogP contribution in [0.3, 0.4) is 0 Å². The van der Waals surface area contributed by atoms with E-state index in [1.165, 1.54) is 5.01 Å². The lowest BCUT2D eigenvalue weighted by molar-refractivity contribution is -0.135. The number of benzene rings is 1. The zero-order chi connectivity index (χ0) is 10.7. The van der Waals surface area contributed by atoms with Gasteiger partial charge >= 0.3 is 5.97 Å². The Morgan fingerprint density at radius 1 is 1.36 bits per heavy atom. The number of anilines is 1. The van der Waals surface area contributed by atoms with E-state index in [-0.39, 0.29) is 6.54 Å². The standard InChI is InChI=1S/C10H14N2O2/c1-7-3-8(2)5-9(4-7)12(11)6-10(13)14/h3-5H,6,11H2,1-2H3,(H,13,14). The van der Waals surface area contributed by atoms with Gasteiger partial charge in [0.05, 0.1) is 5.69 Å². The summed E-state index contributed by atoms with van der Waals surface area (Å²) in [6.07, 6.45) is 0. The summed E-state index contributed by atoms with van der Waals surface area (Å²) in [4.78, 5) is 10.4. The molecule has 4 heteroatoms. The van der Waals surface area contributed by atoms with Gasteiger partial charge in [0.15, 0.2) is 0 Å². The van der Waals surface area contributed by atoms with Crippen LogP contribution < -0.4 is 10.9 Å². The maximum atomic E-state index is 10.4. The molecule has 0 radical (unpaired) electrons. The first-order valence-corrected chi connectivity index (χ1v) is 4.31. The molecule has 0 aliphatic heterocycles. The van der Waals surface area contributed by atoms with Crippen LogP contribution in [-0.4, -0.2) is 17.6 Å². The molecule has 1 aromatic carbocycles. The number of hydrogen-bond donors (Lipinski definition) is 2. The van der Waals surface area contributed by atoms with Crippen molar-refractivity contribution in [2.24, 2.45) is 5.84 Å². The number of hydrogen-bond acceptors (Lipinski definition) is 3. The van der Waals surface area contributed by atoms with Gasteiger partial charge in [-0.05, 0) is 37.1 Å². The highest BCUT2D eigenvalue weighted by atomic mass is 16.4. The van der Waals surface area contributed by atoms with Gasteiger partial charge < -0.3 is 5.11 Å². The number of carboxylic acid groups (broad SMARTS) is 1. The van der Waals surface area contributed by atoms with Crippen LogP contribution in [0, 0.1) is 13.8 Å². The van der Waals surface area contributed by atoms with Crippen molar-refractivity contribution in [2.75, 3.05) is 11.6 Å². The molecule has 76 valence electrons. The predicted octanol–water partition coefficient (Wildman–Crippen LogP) is 1.07. The Morgan fingerprint density at radius 2 is 1.86 bits per heavy atom. The molecule has 0 amide bonds. The summed E-state index contributed by atoms with van der Waals surface area (Å²) in [7, 11) is 0. The molecular formula is C10H14N2O2. The van der Waals surface area contributed by atoms with E-state index in [1.54, 1.807) is 0 Å². The van der Waals surface area contributed by atoms with Gasteiger partial charge in [-0.1, -0.05) is 6.07 Å². The Kier molecular flexibility index (Phi) is 3.09. The highest BCUT2D eigenvalue weighted by molar-refractivity contribution is 5.73. The molecule has 0 saturated carbocycles. The summed E-state index contributed by atoms with van der Waals surface area (Å²) in [5.74, 6) is 4.65. The van der Waals surface area contributed by atoms with E-state index in [0.717, 1.165) is 16.8 Å². The van der Waals surface area contributed by atoms with Gasteiger partial charge in [0.25, 0.3) is 0 Å². The summed E-state index contributed by atoms with van der Waals surface area (Å²) in [5, 5.41) is 9.79. The fourth-order valence-electron chi connectivity index (χ4n) is 1.35. The zero-order valence-electron chi connectivity index (χ0n) is 8.32. The van der Waals surface area contributed by atoms with E-state index < -0.39 is 5.97 Å². The third kappa shape index (κ3) is 2.74. The van der Waals surface area contributed by atoms with E-state index in [2.05, 4.69) is 0 Å². The minimum absolute atomic E-state index is 0.192. The van der Waals surface area contributed by atoms with Crippen molar-refractivity contribution < 1.29 is 9.90 Å². The molecule has 0 unspecified atom stereocenters. The van der Waals surface area contributed by atoms with Gasteiger partial charge in [-0.15, -0.1) is 0 Å². The molecule has 0 heterocycles. The van der Waals surface area contributed by atoms with Crippen molar-refractivity contribution in [1.82, 2.24) is 0 Å². The van der Waals surface area contributed by atoms with E-state index in [4.69, 9.17) is 10.9 Å². The summed E-state index contributed by atoms with van der Waals surface area (Å²) in [6, 6.07) is 5.73. The molecule has 0 spiro atoms. The van der Waals surface area contributed by atoms with Crippen LogP contribution in [0.5, 0.6) is 0 Å². The van der Waals surface area contributed by atoms with Crippen LogP contribution in [0.2, 0.25) is 0 Å². The summed E-state index contributed by atoms with van der Waals surface area (Å²) >= 11 is 0. The minimum atomic E-state index is -0.938. The minimum Gasteiger partial charge on any atom is -0.480 e. The second-order valence-corrected chi connectivity index (χ2v) is 3.37. The van der Waals surface area contributed by atoms with Gasteiger partial charge in [-0.2, -0.15) is 0 Å². The first-order chi connectivity index (χ1) is 6.49. The third-order valence-corrected chi connectivity index (χ3v) is 1.84. The number of carbonyl (C=O) groups is 1. The maximum Gasteiger partial charge on any atom is 0.324 e. The van der Waals surface area contributed by atoms with E-state index in [9.17, 15) is 4.79 Å². The van der Waals surface area contributed by atoms with Crippen LogP contribution in [0.4, 0.5) is 5.69 Å². The number of carboxylic acids is 1. The quantitative estimate of drug-likeness (QED) is 0.558. The van der Waals surface area contributed by atoms with Crippen molar-refractivity contribution in [2.45, 2.75) is 13.8 Å². The van der Waals surface area contributed by atoms with Crippen molar-refractivity contribution in [3.05, 3.63) is 29.3 Å². The molecule has 1 aromatic rings. The average molecular weight is 194 g/mol. The largest absolute Gasteiger partial charge is 0.480 e. The second-order valence-electron chi connectivity index (χ2n) is 3.37. The van der Waals surface area contributed by atoms with Gasteiger partial charge in [0, 0.05) is 0 Å². The molecule has 0 bridgehead atoms. The first kappa shape index (κ1) is 10.5. The highest BCUT2D eigenvalue weighted by Crippen LogP contribution is 2.15. The van der Waals surface area contributed by atoms with Crippen LogP contribution in [0.15, 0.2) is 18.2 Å². The Labute approximate surface area is 82.9 Å². The zero-order valence-corrected chi connectivity index (χ0v) is 8.32. The van der Waals surface area contributed by atoms with Crippen molar-refractivity contribution in [1.29, 1.82) is 0 Å². The summed E-state index contributed by atoms with van der Waals surface area (Å²) < 4.78 is 0. The number of nitrogens with two attached hydrogens (primary N) is 1. The molecule has 3 N–H and O–H groups in total. The van der Waals surface area contributed by atoms with Crippen LogP contribution in [0.25, 0.3) is 0 Å². The Bertz CT molecular complexity index is 330. The monoisotopic (exact) mass is 194 g/mol. The molecule has 14 heavy (non-hydrogen) atoms. The topological polar surface area (TPSA) is 66.6 Å². The Morgan fingerprint density at radius 3 is 2.29 bits per heavy atom. The van der Waals surface area contributed by atoms with Gasteiger partial charge in [-0.3, -0.25) is 9.80 Å². The molecule has 4 nitrogen and oxygen atoms in total. The van der Waals surface area contributed by atoms with Crippen molar-refractivity contribution >= 4 is 11.7 Å². The fourth-order valence-corrected chi connectivity index (χ4v) is 1.35. The normalized spacial score (nSPS) is 9.93. The molecule has 0 saturated heterocycles. The lowest BCUT2D eigenvalue weighted by Gasteiger charge is -2.17. The van der Waals surface area contributed by atoms with E-state index >= 15 is 0 Å². The van der Waals surface area contributed by atoms with Gasteiger partial charge in [0.1, 0.15) is 6.54 Å². The number of aryl methyl sites for hydroxylation is 2. The SMILES string of the molecule is Cc1cc(C)cc(N(N)CC(=O)O)c1. The highest BCUT2D eigenvalue weighted by Gasteiger charge is 2.06. The third-order valence-electron chi connectivity index (χ3n) is 1.84. The van der Waals surface area contributed by atoms with Gasteiger partial charge in [-0.25, -0.2) is 5.84 Å².